The van der Waals surface area contributed by atoms with E-state index in [2.05, 4.69) is 0 Å². The number of hydrogen-bond donors (Lipinski definition) is 0. The van der Waals surface area contributed by atoms with Gasteiger partial charge < -0.3 is 0 Å². The zero-order chi connectivity index (χ0) is 6.62. The Balaban J connectivity index is 3.76. The summed E-state index contributed by atoms with van der Waals surface area (Å²) in [5.41, 5.74) is 0. The summed E-state index contributed by atoms with van der Waals surface area (Å²) in [6.45, 7) is 1.63. The highest BCUT2D eigenvalue weighted by atomic mass is 32.3. The van der Waals surface area contributed by atoms with Gasteiger partial charge in [-0.1, -0.05) is 12.2 Å². The molecule has 0 spiro atoms. The molecule has 0 aliphatic rings. The first-order valence-electron chi connectivity index (χ1n) is 2.10. The van der Waals surface area contributed by atoms with Crippen molar-refractivity contribution in [1.29, 1.82) is 0 Å². The van der Waals surface area contributed by atoms with Crippen LogP contribution in [0.15, 0.2) is 12.2 Å². The number of hydrogen-bond acceptors (Lipinski definition) is 2. The largest absolute Gasteiger partial charge is 0.305 e. The minimum atomic E-state index is -4.27. The van der Waals surface area contributed by atoms with Crippen LogP contribution < -0.4 is 0 Å². The summed E-state index contributed by atoms with van der Waals surface area (Å²) in [5.74, 6) is -0.510. The van der Waals surface area contributed by atoms with Gasteiger partial charge in [0, 0.05) is 0 Å². The lowest BCUT2D eigenvalue weighted by molar-refractivity contribution is 0.555. The van der Waals surface area contributed by atoms with Crippen molar-refractivity contribution in [1.82, 2.24) is 0 Å². The fraction of sp³-hybridized carbons (Fsp3) is 0.500. The van der Waals surface area contributed by atoms with E-state index >= 15 is 0 Å². The van der Waals surface area contributed by atoms with Crippen LogP contribution >= 0.6 is 0 Å². The van der Waals surface area contributed by atoms with Crippen molar-refractivity contribution in [3.63, 3.8) is 0 Å². The average Bonchev–Trinajstić information content (AvgIpc) is 1.59. The molecule has 0 aromatic carbocycles. The molecular weight excluding hydrogens is 131 g/mol. The summed E-state index contributed by atoms with van der Waals surface area (Å²) in [5, 5.41) is 0. The van der Waals surface area contributed by atoms with Crippen LogP contribution in [-0.4, -0.2) is 14.2 Å². The van der Waals surface area contributed by atoms with Gasteiger partial charge in [0.25, 0.3) is 0 Å². The van der Waals surface area contributed by atoms with E-state index < -0.39 is 16.0 Å². The first-order chi connectivity index (χ1) is 3.56. The smallest absolute Gasteiger partial charge is 0.195 e. The van der Waals surface area contributed by atoms with Gasteiger partial charge in [-0.15, -0.1) is 3.89 Å². The van der Waals surface area contributed by atoms with E-state index in [-0.39, 0.29) is 0 Å². The standard InChI is InChI=1S/C4H7FO2S/c1-2-3-4-8(5,6)7/h2-3H,4H2,1H3. The SMILES string of the molecule is CC=CCS(=O)(=O)F. The number of halogens is 1. The second-order valence-electron chi connectivity index (χ2n) is 1.27. The predicted molar refractivity (Wildman–Crippen MR) is 29.7 cm³/mol. The van der Waals surface area contributed by atoms with E-state index in [9.17, 15) is 12.3 Å². The fourth-order valence-electron chi connectivity index (χ4n) is 0.211. The summed E-state index contributed by atoms with van der Waals surface area (Å²) in [4.78, 5) is 0. The maximum absolute atomic E-state index is 11.5. The van der Waals surface area contributed by atoms with Crippen LogP contribution in [0.5, 0.6) is 0 Å². The van der Waals surface area contributed by atoms with Crippen LogP contribution in [0, 0.1) is 0 Å². The van der Waals surface area contributed by atoms with Crippen LogP contribution in [0.25, 0.3) is 0 Å². The Labute approximate surface area is 48.2 Å². The van der Waals surface area contributed by atoms with Gasteiger partial charge in [-0.05, 0) is 6.92 Å². The molecule has 0 N–H and O–H groups in total. The molecule has 0 atom stereocenters. The lowest BCUT2D eigenvalue weighted by Crippen LogP contribution is -1.92. The molecule has 0 saturated heterocycles. The zero-order valence-corrected chi connectivity index (χ0v) is 5.28. The molecule has 0 bridgehead atoms. The van der Waals surface area contributed by atoms with Crippen LogP contribution in [0.3, 0.4) is 0 Å². The molecule has 0 fully saturated rings. The lowest BCUT2D eigenvalue weighted by atomic mass is 10.6. The van der Waals surface area contributed by atoms with Gasteiger partial charge in [-0.3, -0.25) is 0 Å². The first-order valence-corrected chi connectivity index (χ1v) is 3.65. The van der Waals surface area contributed by atoms with Crippen molar-refractivity contribution in [3.8, 4) is 0 Å². The van der Waals surface area contributed by atoms with E-state index in [1.807, 2.05) is 0 Å². The van der Waals surface area contributed by atoms with Crippen LogP contribution in [0.4, 0.5) is 3.89 Å². The van der Waals surface area contributed by atoms with E-state index in [1.165, 1.54) is 12.2 Å². The predicted octanol–water partition coefficient (Wildman–Crippen LogP) is 0.862. The third kappa shape index (κ3) is 5.62. The highest BCUT2D eigenvalue weighted by Gasteiger charge is 2.00. The van der Waals surface area contributed by atoms with E-state index in [0.717, 1.165) is 0 Å². The molecule has 0 heterocycles. The highest BCUT2D eigenvalue weighted by Crippen LogP contribution is 1.89. The molecular formula is C4H7FO2S. The quantitative estimate of drug-likeness (QED) is 0.419. The first kappa shape index (κ1) is 7.62. The van der Waals surface area contributed by atoms with Crippen LogP contribution in [0.1, 0.15) is 6.92 Å². The fourth-order valence-corrected chi connectivity index (χ4v) is 0.633. The van der Waals surface area contributed by atoms with Crippen molar-refractivity contribution in [2.45, 2.75) is 6.92 Å². The second-order valence-corrected chi connectivity index (χ2v) is 2.69. The maximum Gasteiger partial charge on any atom is 0.305 e. The topological polar surface area (TPSA) is 34.1 Å². The minimum absolute atomic E-state index is 0.510. The average molecular weight is 138 g/mol. The molecule has 2 nitrogen and oxygen atoms in total. The van der Waals surface area contributed by atoms with Gasteiger partial charge in [0.1, 0.15) is 0 Å². The monoisotopic (exact) mass is 138 g/mol. The Morgan fingerprint density at radius 2 is 2.12 bits per heavy atom. The van der Waals surface area contributed by atoms with Gasteiger partial charge in [0.15, 0.2) is 0 Å². The van der Waals surface area contributed by atoms with Crippen LogP contribution in [0.2, 0.25) is 0 Å². The molecule has 8 heavy (non-hydrogen) atoms. The zero-order valence-electron chi connectivity index (χ0n) is 4.46. The van der Waals surface area contributed by atoms with Gasteiger partial charge in [0.2, 0.25) is 0 Å². The molecule has 0 saturated carbocycles. The Morgan fingerprint density at radius 3 is 2.25 bits per heavy atom. The van der Waals surface area contributed by atoms with E-state index in [1.54, 1.807) is 6.92 Å². The third-order valence-electron chi connectivity index (χ3n) is 0.531. The summed E-state index contributed by atoms with van der Waals surface area (Å²) in [7, 11) is -4.27. The second kappa shape index (κ2) is 2.81. The molecule has 0 aromatic heterocycles. The normalized spacial score (nSPS) is 12.8. The van der Waals surface area contributed by atoms with Crippen molar-refractivity contribution < 1.29 is 12.3 Å². The molecule has 0 amide bonds. The number of rotatable bonds is 2. The van der Waals surface area contributed by atoms with Crippen molar-refractivity contribution in [3.05, 3.63) is 12.2 Å². The van der Waals surface area contributed by atoms with E-state index in [0.29, 0.717) is 0 Å². The Hall–Kier alpha value is -0.380. The molecule has 0 unspecified atom stereocenters. The van der Waals surface area contributed by atoms with Gasteiger partial charge in [-0.25, -0.2) is 0 Å². The van der Waals surface area contributed by atoms with Gasteiger partial charge in [-0.2, -0.15) is 8.42 Å². The van der Waals surface area contributed by atoms with Crippen molar-refractivity contribution in [2.24, 2.45) is 0 Å². The van der Waals surface area contributed by atoms with E-state index in [4.69, 9.17) is 0 Å². The maximum atomic E-state index is 11.5. The molecule has 0 aliphatic carbocycles. The molecule has 0 aliphatic heterocycles. The lowest BCUT2D eigenvalue weighted by Gasteiger charge is -1.80. The molecule has 0 rings (SSSR count). The third-order valence-corrected chi connectivity index (χ3v) is 1.12. The van der Waals surface area contributed by atoms with Crippen molar-refractivity contribution >= 4 is 10.2 Å². The summed E-state index contributed by atoms with van der Waals surface area (Å²) < 4.78 is 30.8. The highest BCUT2D eigenvalue weighted by molar-refractivity contribution is 7.86. The Bertz CT molecular complexity index is 168. The van der Waals surface area contributed by atoms with Gasteiger partial charge >= 0.3 is 10.2 Å². The Kier molecular flexibility index (Phi) is 2.68. The van der Waals surface area contributed by atoms with Crippen LogP contribution in [-0.2, 0) is 10.2 Å². The summed E-state index contributed by atoms with van der Waals surface area (Å²) in [6, 6.07) is 0. The van der Waals surface area contributed by atoms with Crippen molar-refractivity contribution in [2.75, 3.05) is 5.75 Å². The number of allylic oxidation sites excluding steroid dienone is 1. The van der Waals surface area contributed by atoms with Gasteiger partial charge in [0.05, 0.1) is 5.75 Å². The molecule has 48 valence electrons. The Morgan fingerprint density at radius 1 is 1.62 bits per heavy atom. The molecule has 0 aromatic rings. The summed E-state index contributed by atoms with van der Waals surface area (Å²) >= 11 is 0. The summed E-state index contributed by atoms with van der Waals surface area (Å²) in [6.07, 6.45) is 2.73. The molecule has 4 heteroatoms. The minimum Gasteiger partial charge on any atom is -0.195 e. The molecule has 0 radical (unpaired) electrons.